The van der Waals surface area contributed by atoms with Crippen LogP contribution in [0.2, 0.25) is 0 Å². The van der Waals surface area contributed by atoms with Crippen LogP contribution < -0.4 is 0 Å². The van der Waals surface area contributed by atoms with Crippen LogP contribution in [0, 0.1) is 0 Å². The Kier molecular flexibility index (Phi) is 4.39. The van der Waals surface area contributed by atoms with Gasteiger partial charge in [0, 0.05) is 12.8 Å². The van der Waals surface area contributed by atoms with Gasteiger partial charge in [0.05, 0.1) is 0 Å². The summed E-state index contributed by atoms with van der Waals surface area (Å²) in [6.45, 7) is 0. The van der Waals surface area contributed by atoms with Gasteiger partial charge < -0.3 is 10.2 Å². The number of carbonyl (C=O) groups excluding carboxylic acids is 2. The molecule has 96 valence electrons. The van der Waals surface area contributed by atoms with Gasteiger partial charge in [0.2, 0.25) is 0 Å². The van der Waals surface area contributed by atoms with Crippen molar-refractivity contribution in [2.45, 2.75) is 12.8 Å². The second-order valence-electron chi connectivity index (χ2n) is 3.42. The van der Waals surface area contributed by atoms with E-state index in [-0.39, 0.29) is 29.2 Å². The lowest BCUT2D eigenvalue weighted by Gasteiger charge is -1.98. The van der Waals surface area contributed by atoms with Gasteiger partial charge in [0.15, 0.2) is 0 Å². The lowest BCUT2D eigenvalue weighted by molar-refractivity contribution is -0.171. The molecule has 7 nitrogen and oxygen atoms in total. The molecule has 1 aliphatic heterocycles. The predicted octanol–water partition coefficient (Wildman–Crippen LogP) is 0.615. The summed E-state index contributed by atoms with van der Waals surface area (Å²) in [6, 6.07) is 5.81. The van der Waals surface area contributed by atoms with E-state index in [0.29, 0.717) is 0 Å². The molecule has 0 spiro atoms. The Morgan fingerprint density at radius 3 is 1.89 bits per heavy atom. The molecule has 7 heteroatoms. The molecule has 1 saturated heterocycles. The monoisotopic (exact) mass is 253 g/mol. The van der Waals surface area contributed by atoms with Crippen molar-refractivity contribution in [1.82, 2.24) is 5.06 Å². The number of phenols is 1. The molecule has 1 aromatic carbocycles. The maximum atomic E-state index is 10.3. The minimum atomic E-state index is -1.11. The summed E-state index contributed by atoms with van der Waals surface area (Å²) >= 11 is 0. The number of hydroxylamine groups is 2. The zero-order valence-corrected chi connectivity index (χ0v) is 9.24. The van der Waals surface area contributed by atoms with Crippen LogP contribution in [0.3, 0.4) is 0 Å². The van der Waals surface area contributed by atoms with Crippen molar-refractivity contribution in [1.29, 1.82) is 0 Å². The molecule has 1 aliphatic rings. The van der Waals surface area contributed by atoms with Crippen molar-refractivity contribution in [3.63, 3.8) is 0 Å². The van der Waals surface area contributed by atoms with Gasteiger partial charge in [-0.25, -0.2) is 4.79 Å². The van der Waals surface area contributed by atoms with Crippen LogP contribution >= 0.6 is 0 Å². The van der Waals surface area contributed by atoms with E-state index in [2.05, 4.69) is 0 Å². The van der Waals surface area contributed by atoms with Crippen molar-refractivity contribution < 1.29 is 29.8 Å². The van der Waals surface area contributed by atoms with E-state index >= 15 is 0 Å². The highest BCUT2D eigenvalue weighted by Gasteiger charge is 2.26. The van der Waals surface area contributed by atoms with Crippen LogP contribution in [-0.2, 0) is 9.59 Å². The maximum Gasteiger partial charge on any atom is 0.339 e. The number of carboxylic acids is 1. The quantitative estimate of drug-likeness (QED) is 0.499. The van der Waals surface area contributed by atoms with Gasteiger partial charge in [-0.05, 0) is 12.1 Å². The Bertz CT molecular complexity index is 468. The van der Waals surface area contributed by atoms with E-state index in [4.69, 9.17) is 15.4 Å². The Labute approximate surface area is 102 Å². The van der Waals surface area contributed by atoms with Gasteiger partial charge in [-0.1, -0.05) is 12.1 Å². The third-order valence-corrected chi connectivity index (χ3v) is 2.16. The van der Waals surface area contributed by atoms with E-state index in [0.717, 1.165) is 0 Å². The van der Waals surface area contributed by atoms with Crippen LogP contribution in [0.1, 0.15) is 23.2 Å². The smallest absolute Gasteiger partial charge is 0.339 e. The molecule has 1 aromatic rings. The molecule has 0 aliphatic carbocycles. The molecular weight excluding hydrogens is 242 g/mol. The third kappa shape index (κ3) is 3.29. The lowest BCUT2D eigenvalue weighted by Crippen LogP contribution is -2.24. The topological polar surface area (TPSA) is 115 Å². The Hall–Kier alpha value is -2.41. The highest BCUT2D eigenvalue weighted by atomic mass is 16.5. The molecule has 0 radical (unpaired) electrons. The highest BCUT2D eigenvalue weighted by Crippen LogP contribution is 2.14. The molecule has 0 atom stereocenters. The van der Waals surface area contributed by atoms with Crippen LogP contribution in [0.5, 0.6) is 5.75 Å². The standard InChI is InChI=1S/C7H6O3.C4H5NO3/c8-6-4-2-1-3-5(6)7(9)10;6-3-1-2-4(7)5(3)8/h1-4,8H,(H,9,10);8H,1-2H2. The van der Waals surface area contributed by atoms with Crippen LogP contribution in [-0.4, -0.2) is 38.3 Å². The van der Waals surface area contributed by atoms with Gasteiger partial charge in [0.25, 0.3) is 11.8 Å². The molecule has 2 amide bonds. The average Bonchev–Trinajstić information content (AvgIpc) is 2.62. The van der Waals surface area contributed by atoms with Gasteiger partial charge in [-0.15, -0.1) is 0 Å². The zero-order chi connectivity index (χ0) is 13.7. The number of nitrogens with zero attached hydrogens (tertiary/aromatic N) is 1. The van der Waals surface area contributed by atoms with Gasteiger partial charge >= 0.3 is 5.97 Å². The minimum Gasteiger partial charge on any atom is -0.507 e. The molecule has 0 bridgehead atoms. The summed E-state index contributed by atoms with van der Waals surface area (Å²) in [6.07, 6.45) is 0.296. The number of aromatic carboxylic acids is 1. The number of benzene rings is 1. The molecule has 3 N–H and O–H groups in total. The number of rotatable bonds is 1. The number of aromatic hydroxyl groups is 1. The van der Waals surface area contributed by atoms with E-state index in [1.807, 2.05) is 0 Å². The largest absolute Gasteiger partial charge is 0.507 e. The summed E-state index contributed by atoms with van der Waals surface area (Å²) in [4.78, 5) is 30.7. The van der Waals surface area contributed by atoms with Crippen LogP contribution in [0.15, 0.2) is 24.3 Å². The molecule has 0 saturated carbocycles. The molecule has 0 aromatic heterocycles. The highest BCUT2D eigenvalue weighted by molar-refractivity contribution is 6.00. The molecule has 18 heavy (non-hydrogen) atoms. The number of amides is 2. The zero-order valence-electron chi connectivity index (χ0n) is 9.24. The average molecular weight is 253 g/mol. The number of imide groups is 1. The molecule has 0 unspecified atom stereocenters. The second kappa shape index (κ2) is 5.78. The Morgan fingerprint density at radius 1 is 1.11 bits per heavy atom. The predicted molar refractivity (Wildman–Crippen MR) is 57.9 cm³/mol. The minimum absolute atomic E-state index is 0.0671. The summed E-state index contributed by atoms with van der Waals surface area (Å²) in [7, 11) is 0. The molecule has 2 rings (SSSR count). The summed E-state index contributed by atoms with van der Waals surface area (Å²) in [5.74, 6) is -2.32. The van der Waals surface area contributed by atoms with E-state index in [9.17, 15) is 14.4 Å². The first kappa shape index (κ1) is 13.7. The number of para-hydroxylation sites is 1. The fourth-order valence-electron chi connectivity index (χ4n) is 1.22. The Morgan fingerprint density at radius 2 is 1.61 bits per heavy atom. The first-order valence-corrected chi connectivity index (χ1v) is 4.99. The number of hydrogen-bond donors (Lipinski definition) is 3. The van der Waals surface area contributed by atoms with Crippen molar-refractivity contribution >= 4 is 17.8 Å². The first-order chi connectivity index (χ1) is 8.43. The number of carboxylic acid groups (broad SMARTS) is 1. The van der Waals surface area contributed by atoms with E-state index < -0.39 is 17.8 Å². The lowest BCUT2D eigenvalue weighted by atomic mass is 10.2. The fourth-order valence-corrected chi connectivity index (χ4v) is 1.22. The van der Waals surface area contributed by atoms with Gasteiger partial charge in [0.1, 0.15) is 11.3 Å². The van der Waals surface area contributed by atoms with E-state index in [1.54, 1.807) is 12.1 Å². The van der Waals surface area contributed by atoms with Crippen molar-refractivity contribution in [3.05, 3.63) is 29.8 Å². The Balaban J connectivity index is 0.000000184. The van der Waals surface area contributed by atoms with Crippen LogP contribution in [0.25, 0.3) is 0 Å². The molecular formula is C11H11NO6. The molecule has 1 fully saturated rings. The SMILES string of the molecule is O=C(O)c1ccccc1O.O=C1CCC(=O)N1O. The van der Waals surface area contributed by atoms with E-state index in [1.165, 1.54) is 12.1 Å². The summed E-state index contributed by atoms with van der Waals surface area (Å²) in [5.41, 5.74) is -0.0671. The van der Waals surface area contributed by atoms with Gasteiger partial charge in [-0.2, -0.15) is 5.06 Å². The van der Waals surface area contributed by atoms with Crippen molar-refractivity contribution in [3.8, 4) is 5.75 Å². The maximum absolute atomic E-state index is 10.3. The van der Waals surface area contributed by atoms with Crippen molar-refractivity contribution in [2.24, 2.45) is 0 Å². The van der Waals surface area contributed by atoms with Gasteiger partial charge in [-0.3, -0.25) is 14.8 Å². The fraction of sp³-hybridized carbons (Fsp3) is 0.182. The van der Waals surface area contributed by atoms with Crippen molar-refractivity contribution in [2.75, 3.05) is 0 Å². The first-order valence-electron chi connectivity index (χ1n) is 4.99. The molecule has 1 heterocycles. The number of carbonyl (C=O) groups is 3. The third-order valence-electron chi connectivity index (χ3n) is 2.16. The number of hydrogen-bond acceptors (Lipinski definition) is 5. The second-order valence-corrected chi connectivity index (χ2v) is 3.42. The normalized spacial score (nSPS) is 14.2. The summed E-state index contributed by atoms with van der Waals surface area (Å²) in [5, 5.41) is 25.9. The van der Waals surface area contributed by atoms with Crippen LogP contribution in [0.4, 0.5) is 0 Å². The summed E-state index contributed by atoms with van der Waals surface area (Å²) < 4.78 is 0.